The van der Waals surface area contributed by atoms with Crippen LogP contribution in [0.3, 0.4) is 0 Å². The summed E-state index contributed by atoms with van der Waals surface area (Å²) < 4.78 is 9.20. The SMILES string of the molecule is COc1ccc(CNc2nc(C)ns2)cc1. The molecule has 84 valence electrons. The third kappa shape index (κ3) is 2.70. The third-order valence-electron chi connectivity index (χ3n) is 2.13. The van der Waals surface area contributed by atoms with Gasteiger partial charge in [0, 0.05) is 18.1 Å². The first-order chi connectivity index (χ1) is 7.78. The molecule has 16 heavy (non-hydrogen) atoms. The first kappa shape index (κ1) is 10.9. The van der Waals surface area contributed by atoms with Crippen molar-refractivity contribution in [1.29, 1.82) is 0 Å². The maximum atomic E-state index is 5.09. The molecule has 1 N–H and O–H groups in total. The van der Waals surface area contributed by atoms with Gasteiger partial charge in [0.15, 0.2) is 0 Å². The Morgan fingerprint density at radius 3 is 2.62 bits per heavy atom. The number of anilines is 1. The summed E-state index contributed by atoms with van der Waals surface area (Å²) in [4.78, 5) is 4.23. The molecule has 5 heteroatoms. The second-order valence-electron chi connectivity index (χ2n) is 3.35. The predicted molar refractivity (Wildman–Crippen MR) is 65.0 cm³/mol. The lowest BCUT2D eigenvalue weighted by atomic mass is 10.2. The predicted octanol–water partition coefficient (Wildman–Crippen LogP) is 2.47. The lowest BCUT2D eigenvalue weighted by molar-refractivity contribution is 0.414. The Kier molecular flexibility index (Phi) is 3.36. The smallest absolute Gasteiger partial charge is 0.202 e. The summed E-state index contributed by atoms with van der Waals surface area (Å²) in [5.41, 5.74) is 1.19. The van der Waals surface area contributed by atoms with Gasteiger partial charge in [0.1, 0.15) is 11.6 Å². The van der Waals surface area contributed by atoms with Crippen molar-refractivity contribution in [3.63, 3.8) is 0 Å². The molecule has 0 radical (unpaired) electrons. The summed E-state index contributed by atoms with van der Waals surface area (Å²) in [6.45, 7) is 2.63. The molecule has 0 fully saturated rings. The van der Waals surface area contributed by atoms with Crippen molar-refractivity contribution in [2.24, 2.45) is 0 Å². The van der Waals surface area contributed by atoms with E-state index in [1.807, 2.05) is 31.2 Å². The molecule has 1 heterocycles. The van der Waals surface area contributed by atoms with Gasteiger partial charge in [-0.05, 0) is 24.6 Å². The van der Waals surface area contributed by atoms with E-state index < -0.39 is 0 Å². The van der Waals surface area contributed by atoms with E-state index in [1.165, 1.54) is 17.1 Å². The fourth-order valence-electron chi connectivity index (χ4n) is 1.29. The fourth-order valence-corrected chi connectivity index (χ4v) is 1.86. The van der Waals surface area contributed by atoms with Crippen molar-refractivity contribution < 1.29 is 4.74 Å². The Hall–Kier alpha value is -1.62. The number of aryl methyl sites for hydroxylation is 1. The molecule has 1 aromatic heterocycles. The average Bonchev–Trinajstić information content (AvgIpc) is 2.73. The van der Waals surface area contributed by atoms with Gasteiger partial charge < -0.3 is 10.1 Å². The van der Waals surface area contributed by atoms with Gasteiger partial charge in [0.2, 0.25) is 5.13 Å². The maximum absolute atomic E-state index is 5.09. The van der Waals surface area contributed by atoms with Crippen LogP contribution in [0.25, 0.3) is 0 Å². The van der Waals surface area contributed by atoms with Crippen LogP contribution in [0, 0.1) is 6.92 Å². The summed E-state index contributed by atoms with van der Waals surface area (Å²) >= 11 is 1.38. The maximum Gasteiger partial charge on any atom is 0.202 e. The van der Waals surface area contributed by atoms with Crippen LogP contribution in [0.2, 0.25) is 0 Å². The zero-order chi connectivity index (χ0) is 11.4. The Balaban J connectivity index is 1.94. The molecule has 0 aliphatic rings. The number of nitrogens with one attached hydrogen (secondary N) is 1. The molecule has 0 unspecified atom stereocenters. The topological polar surface area (TPSA) is 47.0 Å². The van der Waals surface area contributed by atoms with Crippen molar-refractivity contribution in [3.8, 4) is 5.75 Å². The van der Waals surface area contributed by atoms with E-state index in [2.05, 4.69) is 14.7 Å². The Morgan fingerprint density at radius 2 is 2.06 bits per heavy atom. The molecule has 0 saturated heterocycles. The van der Waals surface area contributed by atoms with Crippen LogP contribution >= 0.6 is 11.5 Å². The minimum absolute atomic E-state index is 0.749. The van der Waals surface area contributed by atoms with Gasteiger partial charge in [-0.2, -0.15) is 4.37 Å². The highest BCUT2D eigenvalue weighted by molar-refractivity contribution is 7.09. The van der Waals surface area contributed by atoms with Crippen LogP contribution in [0.4, 0.5) is 5.13 Å². The third-order valence-corrected chi connectivity index (χ3v) is 2.89. The van der Waals surface area contributed by atoms with Gasteiger partial charge in [0.25, 0.3) is 0 Å². The van der Waals surface area contributed by atoms with Gasteiger partial charge in [-0.25, -0.2) is 4.98 Å². The van der Waals surface area contributed by atoms with Gasteiger partial charge in [0.05, 0.1) is 7.11 Å². The minimum atomic E-state index is 0.749. The number of hydrogen-bond acceptors (Lipinski definition) is 5. The standard InChI is InChI=1S/C11H13N3OS/c1-8-13-11(16-14-8)12-7-9-3-5-10(15-2)6-4-9/h3-6H,7H2,1-2H3,(H,12,13,14). The lowest BCUT2D eigenvalue weighted by Crippen LogP contribution is -1.98. The minimum Gasteiger partial charge on any atom is -0.497 e. The van der Waals surface area contributed by atoms with Gasteiger partial charge in [-0.15, -0.1) is 0 Å². The lowest BCUT2D eigenvalue weighted by Gasteiger charge is -2.03. The number of hydrogen-bond donors (Lipinski definition) is 1. The van der Waals surface area contributed by atoms with Gasteiger partial charge in [-0.3, -0.25) is 0 Å². The summed E-state index contributed by atoms with van der Waals surface area (Å²) in [6, 6.07) is 7.95. The molecule has 4 nitrogen and oxygen atoms in total. The second kappa shape index (κ2) is 4.94. The van der Waals surface area contributed by atoms with Gasteiger partial charge >= 0.3 is 0 Å². The molecule has 1 aromatic carbocycles. The molecule has 0 atom stereocenters. The van der Waals surface area contributed by atoms with Crippen LogP contribution in [0.15, 0.2) is 24.3 Å². The van der Waals surface area contributed by atoms with E-state index in [0.29, 0.717) is 0 Å². The Morgan fingerprint density at radius 1 is 1.31 bits per heavy atom. The molecule has 2 aromatic rings. The highest BCUT2D eigenvalue weighted by Crippen LogP contribution is 2.14. The zero-order valence-corrected chi connectivity index (χ0v) is 10.0. The number of nitrogens with zero attached hydrogens (tertiary/aromatic N) is 2. The molecule has 0 aliphatic heterocycles. The van der Waals surface area contributed by atoms with Crippen molar-refractivity contribution >= 4 is 16.7 Å². The molecule has 0 aliphatic carbocycles. The van der Waals surface area contributed by atoms with Crippen molar-refractivity contribution in [2.75, 3.05) is 12.4 Å². The van der Waals surface area contributed by atoms with Crippen LogP contribution in [0.5, 0.6) is 5.75 Å². The second-order valence-corrected chi connectivity index (χ2v) is 4.10. The van der Waals surface area contributed by atoms with E-state index >= 15 is 0 Å². The van der Waals surface area contributed by atoms with Crippen molar-refractivity contribution in [2.45, 2.75) is 13.5 Å². The summed E-state index contributed by atoms with van der Waals surface area (Å²) in [6.07, 6.45) is 0. The molecule has 0 spiro atoms. The van der Waals surface area contributed by atoms with Crippen LogP contribution in [-0.4, -0.2) is 16.5 Å². The fraction of sp³-hybridized carbons (Fsp3) is 0.273. The van der Waals surface area contributed by atoms with Crippen LogP contribution in [0.1, 0.15) is 11.4 Å². The monoisotopic (exact) mass is 235 g/mol. The summed E-state index contributed by atoms with van der Waals surface area (Å²) in [5, 5.41) is 4.08. The number of rotatable bonds is 4. The zero-order valence-electron chi connectivity index (χ0n) is 9.23. The van der Waals surface area contributed by atoms with E-state index in [-0.39, 0.29) is 0 Å². The van der Waals surface area contributed by atoms with Gasteiger partial charge in [-0.1, -0.05) is 12.1 Å². The van der Waals surface area contributed by atoms with E-state index in [1.54, 1.807) is 7.11 Å². The van der Waals surface area contributed by atoms with Crippen LogP contribution in [-0.2, 0) is 6.54 Å². The quantitative estimate of drug-likeness (QED) is 0.884. The van der Waals surface area contributed by atoms with E-state index in [4.69, 9.17) is 4.74 Å². The molecule has 0 bridgehead atoms. The summed E-state index contributed by atoms with van der Waals surface area (Å²) in [7, 11) is 1.66. The first-order valence-electron chi connectivity index (χ1n) is 4.95. The number of ether oxygens (including phenoxy) is 1. The molecular weight excluding hydrogens is 222 g/mol. The van der Waals surface area contributed by atoms with Crippen molar-refractivity contribution in [1.82, 2.24) is 9.36 Å². The normalized spacial score (nSPS) is 10.1. The Labute approximate surface area is 98.5 Å². The first-order valence-corrected chi connectivity index (χ1v) is 5.72. The number of aromatic nitrogens is 2. The molecule has 2 rings (SSSR count). The highest BCUT2D eigenvalue weighted by Gasteiger charge is 1.99. The van der Waals surface area contributed by atoms with E-state index in [9.17, 15) is 0 Å². The van der Waals surface area contributed by atoms with Crippen LogP contribution < -0.4 is 10.1 Å². The molecule has 0 amide bonds. The van der Waals surface area contributed by atoms with Crippen molar-refractivity contribution in [3.05, 3.63) is 35.7 Å². The van der Waals surface area contributed by atoms with E-state index in [0.717, 1.165) is 23.3 Å². The molecule has 0 saturated carbocycles. The number of benzene rings is 1. The largest absolute Gasteiger partial charge is 0.497 e. The average molecular weight is 235 g/mol. The summed E-state index contributed by atoms with van der Waals surface area (Å²) in [5.74, 6) is 1.68. The Bertz CT molecular complexity index is 453. The molecular formula is C11H13N3OS. The highest BCUT2D eigenvalue weighted by atomic mass is 32.1. The number of methoxy groups -OCH3 is 1.